The number of rotatable bonds is 8. The molecule has 0 unspecified atom stereocenters. The number of aromatic nitrogens is 1. The summed E-state index contributed by atoms with van der Waals surface area (Å²) in [6.07, 6.45) is 3.44. The van der Waals surface area contributed by atoms with Crippen LogP contribution in [0.5, 0.6) is 11.5 Å². The molecule has 206 valence electrons. The third-order valence-electron chi connectivity index (χ3n) is 7.23. The number of nitrogens with one attached hydrogen (secondary N) is 1. The van der Waals surface area contributed by atoms with Gasteiger partial charge in [-0.05, 0) is 48.7 Å². The fourth-order valence-corrected chi connectivity index (χ4v) is 5.07. The van der Waals surface area contributed by atoms with Crippen molar-refractivity contribution < 1.29 is 29.0 Å². The fraction of sp³-hybridized carbons (Fsp3) is 0.258. The van der Waals surface area contributed by atoms with Crippen molar-refractivity contribution >= 4 is 34.9 Å². The molecule has 1 aromatic heterocycles. The minimum Gasteiger partial charge on any atom is -0.508 e. The lowest BCUT2D eigenvalue weighted by Crippen LogP contribution is -2.39. The van der Waals surface area contributed by atoms with E-state index in [1.807, 2.05) is 30.3 Å². The first-order valence-electron chi connectivity index (χ1n) is 13.2. The zero-order valence-corrected chi connectivity index (χ0v) is 22.2. The van der Waals surface area contributed by atoms with Gasteiger partial charge in [0.1, 0.15) is 17.6 Å². The molecule has 0 aliphatic carbocycles. The van der Waals surface area contributed by atoms with Crippen LogP contribution in [0.3, 0.4) is 0 Å². The highest BCUT2D eigenvalue weighted by atomic mass is 16.6. The van der Waals surface area contributed by atoms with Gasteiger partial charge in [0.15, 0.2) is 6.29 Å². The average Bonchev–Trinajstić information content (AvgIpc) is 3.39. The Hall–Kier alpha value is -4.63. The maximum absolute atomic E-state index is 13.0. The molecule has 0 spiro atoms. The lowest BCUT2D eigenvalue weighted by molar-refractivity contribution is 0.0573. The number of phenols is 1. The van der Waals surface area contributed by atoms with Crippen molar-refractivity contribution in [2.45, 2.75) is 25.4 Å². The number of fused-ring (bicyclic) bond motifs is 1. The quantitative estimate of drug-likeness (QED) is 0.280. The summed E-state index contributed by atoms with van der Waals surface area (Å²) < 4.78 is 12.6. The molecule has 1 fully saturated rings. The van der Waals surface area contributed by atoms with E-state index < -0.39 is 6.09 Å². The van der Waals surface area contributed by atoms with Gasteiger partial charge in [0, 0.05) is 49.3 Å². The predicted molar refractivity (Wildman–Crippen MR) is 152 cm³/mol. The lowest BCUT2D eigenvalue weighted by Gasteiger charge is -2.31. The number of benzene rings is 3. The molecular formula is C31H31N3O6. The van der Waals surface area contributed by atoms with Crippen LogP contribution in [0.15, 0.2) is 72.9 Å². The summed E-state index contributed by atoms with van der Waals surface area (Å²) in [6.45, 7) is 2.04. The fourth-order valence-electron chi connectivity index (χ4n) is 5.07. The average molecular weight is 542 g/mol. The van der Waals surface area contributed by atoms with Crippen molar-refractivity contribution in [1.82, 2.24) is 9.47 Å². The third kappa shape index (κ3) is 6.00. The summed E-state index contributed by atoms with van der Waals surface area (Å²) >= 11 is 0. The van der Waals surface area contributed by atoms with Gasteiger partial charge in [0.25, 0.3) is 0 Å². The summed E-state index contributed by atoms with van der Waals surface area (Å²) in [7, 11) is 1.50. The van der Waals surface area contributed by atoms with Crippen molar-refractivity contribution in [2.24, 2.45) is 0 Å². The Labute approximate surface area is 231 Å². The Morgan fingerprint density at radius 1 is 1.05 bits per heavy atom. The number of hydrogen-bond donors (Lipinski definition) is 2. The van der Waals surface area contributed by atoms with Crippen molar-refractivity contribution in [3.63, 3.8) is 0 Å². The molecular weight excluding hydrogens is 510 g/mol. The van der Waals surface area contributed by atoms with Gasteiger partial charge in [0.05, 0.1) is 23.9 Å². The molecule has 3 aromatic carbocycles. The highest BCUT2D eigenvalue weighted by Crippen LogP contribution is 2.30. The number of nitrogens with zero attached hydrogens (tertiary/aromatic N) is 2. The minimum atomic E-state index is -0.507. The summed E-state index contributed by atoms with van der Waals surface area (Å²) in [5.41, 5.74) is 3.48. The zero-order chi connectivity index (χ0) is 28.1. The van der Waals surface area contributed by atoms with Crippen molar-refractivity contribution in [1.29, 1.82) is 0 Å². The van der Waals surface area contributed by atoms with E-state index in [2.05, 4.69) is 10.2 Å². The van der Waals surface area contributed by atoms with E-state index in [4.69, 9.17) is 9.47 Å². The van der Waals surface area contributed by atoms with E-state index in [0.717, 1.165) is 35.9 Å². The number of hydrogen-bond acceptors (Lipinski definition) is 7. The molecule has 9 heteroatoms. The van der Waals surface area contributed by atoms with Gasteiger partial charge in [-0.2, -0.15) is 0 Å². The first-order chi connectivity index (χ1) is 19.4. The first kappa shape index (κ1) is 27.0. The number of para-hydroxylation sites is 1. The van der Waals surface area contributed by atoms with E-state index in [1.165, 1.54) is 7.11 Å². The van der Waals surface area contributed by atoms with Crippen LogP contribution in [0.25, 0.3) is 22.0 Å². The molecule has 0 saturated carbocycles. The monoisotopic (exact) mass is 541 g/mol. The Morgan fingerprint density at radius 2 is 1.80 bits per heavy atom. The summed E-state index contributed by atoms with van der Waals surface area (Å²) in [5, 5.41) is 13.2. The number of aromatic hydroxyl groups is 1. The second-order valence-corrected chi connectivity index (χ2v) is 9.76. The maximum Gasteiger partial charge on any atom is 0.411 e. The Bertz CT molecular complexity index is 1520. The number of ether oxygens (including phenoxy) is 2. The lowest BCUT2D eigenvalue weighted by atomic mass is 10.0. The smallest absolute Gasteiger partial charge is 0.411 e. The largest absolute Gasteiger partial charge is 0.508 e. The first-order valence-corrected chi connectivity index (χ1v) is 13.2. The van der Waals surface area contributed by atoms with Crippen molar-refractivity contribution in [2.75, 3.05) is 32.1 Å². The van der Waals surface area contributed by atoms with Crippen LogP contribution >= 0.6 is 0 Å². The second-order valence-electron chi connectivity index (χ2n) is 9.76. The molecule has 0 radical (unpaired) electrons. The molecule has 2 N–H and O–H groups in total. The number of methoxy groups -OCH3 is 1. The van der Waals surface area contributed by atoms with E-state index >= 15 is 0 Å². The van der Waals surface area contributed by atoms with E-state index in [1.54, 1.807) is 47.2 Å². The van der Waals surface area contributed by atoms with Crippen LogP contribution in [0, 0.1) is 0 Å². The summed E-state index contributed by atoms with van der Waals surface area (Å²) in [4.78, 5) is 39.2. The number of phenolic OH excluding ortho intramolecular Hbond substituents is 1. The van der Waals surface area contributed by atoms with Gasteiger partial charge in [-0.3, -0.25) is 19.5 Å². The number of piperidine rings is 1. The summed E-state index contributed by atoms with van der Waals surface area (Å²) in [5.74, 6) is 0.573. The molecule has 0 bridgehead atoms. The SMILES string of the molecule is COc1cc2c(ccn2C(=O)CCN2CCC(OC(=O)Nc3ccccc3-c3ccc(O)cc3)CC2)cc1C=O. The van der Waals surface area contributed by atoms with Gasteiger partial charge in [-0.1, -0.05) is 30.3 Å². The number of likely N-dealkylation sites (tertiary alicyclic amines) is 1. The Morgan fingerprint density at radius 3 is 2.52 bits per heavy atom. The number of aldehydes is 1. The molecule has 0 atom stereocenters. The highest BCUT2D eigenvalue weighted by molar-refractivity contribution is 5.97. The molecule has 4 aromatic rings. The van der Waals surface area contributed by atoms with Crippen molar-refractivity contribution in [3.8, 4) is 22.6 Å². The standard InChI is InChI=1S/C31H31N3O6/c1-39-29-19-28-22(18-23(29)20-35)10-17-34(28)30(37)13-16-33-14-11-25(12-15-33)40-31(38)32-27-5-3-2-4-26(27)21-6-8-24(36)9-7-21/h2-10,17-20,25,36H,11-16H2,1H3,(H,32,38). The van der Waals surface area contributed by atoms with Crippen LogP contribution in [0.2, 0.25) is 0 Å². The van der Waals surface area contributed by atoms with Crippen LogP contribution in [0.4, 0.5) is 10.5 Å². The van der Waals surface area contributed by atoms with Crippen LogP contribution in [-0.2, 0) is 4.74 Å². The molecule has 40 heavy (non-hydrogen) atoms. The molecule has 5 rings (SSSR count). The van der Waals surface area contributed by atoms with Crippen LogP contribution < -0.4 is 10.1 Å². The van der Waals surface area contributed by atoms with Gasteiger partial charge in [-0.25, -0.2) is 4.79 Å². The number of amides is 1. The molecule has 9 nitrogen and oxygen atoms in total. The van der Waals surface area contributed by atoms with E-state index in [0.29, 0.717) is 48.3 Å². The van der Waals surface area contributed by atoms with Crippen LogP contribution in [-0.4, -0.2) is 65.7 Å². The molecule has 1 amide bonds. The third-order valence-corrected chi connectivity index (χ3v) is 7.23. The molecule has 1 aliphatic rings. The second kappa shape index (κ2) is 12.0. The number of anilines is 1. The van der Waals surface area contributed by atoms with E-state index in [9.17, 15) is 19.5 Å². The number of carbonyl (C=O) groups is 3. The van der Waals surface area contributed by atoms with Gasteiger partial charge in [-0.15, -0.1) is 0 Å². The predicted octanol–water partition coefficient (Wildman–Crippen LogP) is 5.58. The minimum absolute atomic E-state index is 0.0408. The normalized spacial score (nSPS) is 14.1. The summed E-state index contributed by atoms with van der Waals surface area (Å²) in [6, 6.07) is 19.5. The van der Waals surface area contributed by atoms with Crippen molar-refractivity contribution in [3.05, 3.63) is 78.5 Å². The molecule has 2 heterocycles. The van der Waals surface area contributed by atoms with Crippen LogP contribution in [0.1, 0.15) is 34.4 Å². The Kier molecular flexibility index (Phi) is 8.12. The van der Waals surface area contributed by atoms with Gasteiger partial charge >= 0.3 is 6.09 Å². The van der Waals surface area contributed by atoms with E-state index in [-0.39, 0.29) is 17.8 Å². The highest BCUT2D eigenvalue weighted by Gasteiger charge is 2.23. The zero-order valence-electron chi connectivity index (χ0n) is 22.2. The molecule has 1 saturated heterocycles. The maximum atomic E-state index is 13.0. The number of carbonyl (C=O) groups excluding carboxylic acids is 3. The van der Waals surface area contributed by atoms with Gasteiger partial charge in [0.2, 0.25) is 5.91 Å². The Balaban J connectivity index is 1.11. The molecule has 1 aliphatic heterocycles. The van der Waals surface area contributed by atoms with Gasteiger partial charge < -0.3 is 19.5 Å². The topological polar surface area (TPSA) is 110 Å².